The zero-order valence-corrected chi connectivity index (χ0v) is 13.2. The normalized spacial score (nSPS) is 23.3. The number of nitrogens with two attached hydrogens (primary N) is 1. The summed E-state index contributed by atoms with van der Waals surface area (Å²) in [5, 5.41) is 2.80. The zero-order chi connectivity index (χ0) is 17.9. The van der Waals surface area contributed by atoms with Crippen molar-refractivity contribution in [1.29, 1.82) is 0 Å². The first kappa shape index (κ1) is 18.2. The van der Waals surface area contributed by atoms with Crippen LogP contribution in [0.5, 0.6) is 0 Å². The molecule has 2 saturated heterocycles. The first-order valence-corrected chi connectivity index (χ1v) is 8.27. The van der Waals surface area contributed by atoms with Gasteiger partial charge in [-0.3, -0.25) is 14.2 Å². The predicted molar refractivity (Wildman–Crippen MR) is 75.1 cm³/mol. The van der Waals surface area contributed by atoms with Gasteiger partial charge in [-0.05, 0) is 12.8 Å². The van der Waals surface area contributed by atoms with Crippen molar-refractivity contribution < 1.29 is 36.5 Å². The molecule has 13 nitrogen and oxygen atoms in total. The monoisotopic (exact) mass is 367 g/mol. The number of primary amides is 1. The van der Waals surface area contributed by atoms with Gasteiger partial charge in [0.15, 0.2) is 0 Å². The van der Waals surface area contributed by atoms with Gasteiger partial charge in [-0.1, -0.05) is 0 Å². The second kappa shape index (κ2) is 7.16. The number of piperidine rings is 1. The molecule has 24 heavy (non-hydrogen) atoms. The summed E-state index contributed by atoms with van der Waals surface area (Å²) in [5.41, 5.74) is 6.99. The molecule has 136 valence electrons. The van der Waals surface area contributed by atoms with Gasteiger partial charge in [0.05, 0.1) is 12.6 Å². The van der Waals surface area contributed by atoms with Crippen LogP contribution in [0.3, 0.4) is 0 Å². The minimum absolute atomic E-state index is 0.0318. The molecule has 0 saturated carbocycles. The molecular weight excluding hydrogens is 350 g/mol. The lowest BCUT2D eigenvalue weighted by molar-refractivity contribution is -0.138. The summed E-state index contributed by atoms with van der Waals surface area (Å²) in [6.45, 7) is 0.132. The fraction of sp³-hybridized carbons (Fsp3) is 0.700. The van der Waals surface area contributed by atoms with E-state index in [0.29, 0.717) is 11.5 Å². The van der Waals surface area contributed by atoms with Crippen LogP contribution >= 0.6 is 0 Å². The maximum atomic E-state index is 12.1. The standard InChI is InChI=1S/C10H17N5O8S/c11-9(17)12-3-4-22-13-8(16)7-2-1-6-5-14(7)10(18)15(6)23-24(19,20)21/h6-7H,1-5H2,(H,13,16)(H3,11,12,17)(H,19,20,21). The first-order valence-electron chi connectivity index (χ1n) is 6.91. The quantitative estimate of drug-likeness (QED) is 0.220. The smallest absolute Gasteiger partial charge is 0.352 e. The van der Waals surface area contributed by atoms with Crippen molar-refractivity contribution >= 4 is 28.4 Å². The topological polar surface area (TPSA) is 181 Å². The van der Waals surface area contributed by atoms with Gasteiger partial charge in [0.25, 0.3) is 5.91 Å². The maximum Gasteiger partial charge on any atom is 0.418 e. The molecule has 0 aliphatic carbocycles. The summed E-state index contributed by atoms with van der Waals surface area (Å²) >= 11 is 0. The molecule has 2 aliphatic heterocycles. The minimum atomic E-state index is -4.84. The molecular formula is C10H17N5O8S. The van der Waals surface area contributed by atoms with Crippen molar-refractivity contribution in [2.24, 2.45) is 5.73 Å². The second-order valence-corrected chi connectivity index (χ2v) is 6.12. The van der Waals surface area contributed by atoms with Crippen LogP contribution in [0, 0.1) is 0 Å². The molecule has 2 heterocycles. The van der Waals surface area contributed by atoms with Crippen molar-refractivity contribution in [3.63, 3.8) is 0 Å². The van der Waals surface area contributed by atoms with Crippen LogP contribution < -0.4 is 16.5 Å². The van der Waals surface area contributed by atoms with Crippen LogP contribution in [0.1, 0.15) is 12.8 Å². The fourth-order valence-electron chi connectivity index (χ4n) is 2.52. The van der Waals surface area contributed by atoms with E-state index in [4.69, 9.17) is 15.1 Å². The van der Waals surface area contributed by atoms with Crippen LogP contribution in [0.4, 0.5) is 9.59 Å². The van der Waals surface area contributed by atoms with Gasteiger partial charge in [-0.2, -0.15) is 13.5 Å². The van der Waals surface area contributed by atoms with E-state index in [-0.39, 0.29) is 26.1 Å². The van der Waals surface area contributed by atoms with Crippen molar-refractivity contribution in [3.8, 4) is 0 Å². The average Bonchev–Trinajstić information content (AvgIpc) is 2.70. The molecule has 0 aromatic heterocycles. The number of hydrogen-bond acceptors (Lipinski definition) is 7. The van der Waals surface area contributed by atoms with Crippen molar-refractivity contribution in [1.82, 2.24) is 20.8 Å². The minimum Gasteiger partial charge on any atom is -0.352 e. The lowest BCUT2D eigenvalue weighted by atomic mass is 10.0. The van der Waals surface area contributed by atoms with E-state index in [1.807, 2.05) is 0 Å². The van der Waals surface area contributed by atoms with E-state index in [1.165, 1.54) is 0 Å². The highest BCUT2D eigenvalue weighted by atomic mass is 32.3. The van der Waals surface area contributed by atoms with E-state index >= 15 is 0 Å². The van der Waals surface area contributed by atoms with Crippen molar-refractivity contribution in [2.45, 2.75) is 24.9 Å². The number of urea groups is 2. The Morgan fingerprint density at radius 3 is 2.71 bits per heavy atom. The molecule has 2 aliphatic rings. The Morgan fingerprint density at radius 1 is 1.38 bits per heavy atom. The van der Waals surface area contributed by atoms with Crippen LogP contribution in [-0.2, 0) is 24.3 Å². The molecule has 2 atom stereocenters. The van der Waals surface area contributed by atoms with Gasteiger partial charge in [0.1, 0.15) is 6.04 Å². The molecule has 2 rings (SSSR count). The van der Waals surface area contributed by atoms with Crippen molar-refractivity contribution in [2.75, 3.05) is 19.7 Å². The molecule has 0 aromatic rings. The van der Waals surface area contributed by atoms with Crippen LogP contribution in [0.15, 0.2) is 0 Å². The highest BCUT2D eigenvalue weighted by Gasteiger charge is 2.49. The molecule has 0 aromatic carbocycles. The average molecular weight is 367 g/mol. The number of hydrogen-bond donors (Lipinski definition) is 4. The second-order valence-electron chi connectivity index (χ2n) is 5.12. The Hall–Kier alpha value is -2.16. The summed E-state index contributed by atoms with van der Waals surface area (Å²) in [6, 6.07) is -3.02. The summed E-state index contributed by atoms with van der Waals surface area (Å²) in [6.07, 6.45) is 0.565. The third kappa shape index (κ3) is 4.44. The van der Waals surface area contributed by atoms with E-state index < -0.39 is 40.5 Å². The number of nitrogens with zero attached hydrogens (tertiary/aromatic N) is 2. The van der Waals surface area contributed by atoms with Crippen LogP contribution in [0.2, 0.25) is 0 Å². The molecule has 5 N–H and O–H groups in total. The third-order valence-corrected chi connectivity index (χ3v) is 3.83. The number of nitrogens with one attached hydrogen (secondary N) is 2. The highest BCUT2D eigenvalue weighted by Crippen LogP contribution is 2.30. The SMILES string of the molecule is NC(=O)NCCONC(=O)C1CCC2CN1C(=O)N2OS(=O)(=O)O. The summed E-state index contributed by atoms with van der Waals surface area (Å²) < 4.78 is 34.5. The van der Waals surface area contributed by atoms with Crippen LogP contribution in [0.25, 0.3) is 0 Å². The van der Waals surface area contributed by atoms with E-state index in [0.717, 1.165) is 4.90 Å². The Kier molecular flexibility index (Phi) is 5.43. The number of fused-ring (bicyclic) bond motifs is 2. The predicted octanol–water partition coefficient (Wildman–Crippen LogP) is -2.29. The van der Waals surface area contributed by atoms with Gasteiger partial charge >= 0.3 is 22.5 Å². The van der Waals surface area contributed by atoms with Gasteiger partial charge in [-0.15, -0.1) is 4.28 Å². The number of carbonyl (C=O) groups is 3. The first-order chi connectivity index (χ1) is 11.2. The van der Waals surface area contributed by atoms with E-state index in [2.05, 4.69) is 15.1 Å². The van der Waals surface area contributed by atoms with E-state index in [1.54, 1.807) is 0 Å². The number of hydroxylamine groups is 3. The van der Waals surface area contributed by atoms with Gasteiger partial charge in [0.2, 0.25) is 0 Å². The summed E-state index contributed by atoms with van der Waals surface area (Å²) in [4.78, 5) is 40.6. The Balaban J connectivity index is 1.86. The summed E-state index contributed by atoms with van der Waals surface area (Å²) in [7, 11) is -4.84. The van der Waals surface area contributed by atoms with Crippen LogP contribution in [-0.4, -0.2) is 72.7 Å². The van der Waals surface area contributed by atoms with Crippen molar-refractivity contribution in [3.05, 3.63) is 0 Å². The Morgan fingerprint density at radius 2 is 2.08 bits per heavy atom. The third-order valence-electron chi connectivity index (χ3n) is 3.48. The molecule has 2 unspecified atom stereocenters. The molecule has 2 fully saturated rings. The number of rotatable bonds is 7. The molecule has 14 heteroatoms. The molecule has 5 amide bonds. The molecule has 0 spiro atoms. The highest BCUT2D eigenvalue weighted by molar-refractivity contribution is 7.80. The molecule has 0 radical (unpaired) electrons. The lowest BCUT2D eigenvalue weighted by Gasteiger charge is -2.28. The Bertz CT molecular complexity index is 625. The maximum absolute atomic E-state index is 12.1. The Labute approximate surface area is 136 Å². The zero-order valence-electron chi connectivity index (χ0n) is 12.4. The van der Waals surface area contributed by atoms with Gasteiger partial charge in [-0.25, -0.2) is 15.1 Å². The van der Waals surface area contributed by atoms with Gasteiger partial charge in [0, 0.05) is 13.1 Å². The van der Waals surface area contributed by atoms with E-state index in [9.17, 15) is 22.8 Å². The number of amides is 5. The van der Waals surface area contributed by atoms with Gasteiger partial charge < -0.3 is 16.0 Å². The summed E-state index contributed by atoms with van der Waals surface area (Å²) in [5.74, 6) is -0.602. The largest absolute Gasteiger partial charge is 0.418 e. The fourth-order valence-corrected chi connectivity index (χ4v) is 2.91. The molecule has 2 bridgehead atoms. The lowest BCUT2D eigenvalue weighted by Crippen LogP contribution is -2.50. The number of carbonyl (C=O) groups excluding carboxylic acids is 3.